The molecular formula is C24H20F3N3O3S. The molecule has 10 heteroatoms. The molecule has 0 saturated heterocycles. The van der Waals surface area contributed by atoms with E-state index in [1.165, 1.54) is 18.3 Å². The Hall–Kier alpha value is -3.53. The molecule has 4 aromatic rings. The van der Waals surface area contributed by atoms with Gasteiger partial charge in [0, 0.05) is 29.4 Å². The molecule has 0 spiro atoms. The molecule has 0 aliphatic heterocycles. The number of ether oxygens (including phenoxy) is 1. The number of aromatic nitrogens is 2. The first-order valence-electron chi connectivity index (χ1n) is 10.7. The van der Waals surface area contributed by atoms with Crippen molar-refractivity contribution in [3.8, 4) is 17.1 Å². The smallest absolute Gasteiger partial charge is 0.387 e. The van der Waals surface area contributed by atoms with Crippen LogP contribution in [0.2, 0.25) is 0 Å². The Morgan fingerprint density at radius 3 is 2.44 bits per heavy atom. The lowest BCUT2D eigenvalue weighted by Gasteiger charge is -2.30. The zero-order chi connectivity index (χ0) is 23.9. The number of rotatable bonds is 7. The molecular weight excluding hydrogens is 467 g/mol. The highest BCUT2D eigenvalue weighted by Gasteiger charge is 2.26. The Labute approximate surface area is 194 Å². The van der Waals surface area contributed by atoms with Gasteiger partial charge in [-0.25, -0.2) is 12.8 Å². The summed E-state index contributed by atoms with van der Waals surface area (Å²) in [6.07, 6.45) is 4.04. The summed E-state index contributed by atoms with van der Waals surface area (Å²) in [5, 5.41) is 0.519. The zero-order valence-electron chi connectivity index (χ0n) is 17.8. The van der Waals surface area contributed by atoms with Gasteiger partial charge in [-0.2, -0.15) is 8.78 Å². The Bertz CT molecular complexity index is 1440. The van der Waals surface area contributed by atoms with Crippen LogP contribution in [0.3, 0.4) is 0 Å². The van der Waals surface area contributed by atoms with Crippen molar-refractivity contribution in [1.82, 2.24) is 9.55 Å². The van der Waals surface area contributed by atoms with Gasteiger partial charge in [0.2, 0.25) is 0 Å². The van der Waals surface area contributed by atoms with Gasteiger partial charge in [-0.1, -0.05) is 18.2 Å². The highest BCUT2D eigenvalue weighted by Crippen LogP contribution is 2.41. The summed E-state index contributed by atoms with van der Waals surface area (Å²) in [5.41, 5.74) is 2.12. The number of hydrogen-bond donors (Lipinski definition) is 1. The van der Waals surface area contributed by atoms with Crippen molar-refractivity contribution >= 4 is 26.6 Å². The molecule has 0 unspecified atom stereocenters. The summed E-state index contributed by atoms with van der Waals surface area (Å²) in [7, 11) is -3.84. The van der Waals surface area contributed by atoms with Gasteiger partial charge < -0.3 is 9.30 Å². The quantitative estimate of drug-likeness (QED) is 0.349. The van der Waals surface area contributed by atoms with Crippen molar-refractivity contribution in [3.05, 3.63) is 72.7 Å². The van der Waals surface area contributed by atoms with Gasteiger partial charge in [0.1, 0.15) is 4.90 Å². The van der Waals surface area contributed by atoms with Crippen LogP contribution in [0.4, 0.5) is 18.9 Å². The summed E-state index contributed by atoms with van der Waals surface area (Å²) in [4.78, 5) is 4.35. The maximum absolute atomic E-state index is 14.3. The number of benzene rings is 2. The van der Waals surface area contributed by atoms with Crippen LogP contribution in [0.5, 0.6) is 5.75 Å². The molecule has 6 nitrogen and oxygen atoms in total. The van der Waals surface area contributed by atoms with E-state index in [1.807, 2.05) is 4.57 Å². The molecule has 1 N–H and O–H groups in total. The van der Waals surface area contributed by atoms with Crippen molar-refractivity contribution in [1.29, 1.82) is 0 Å². The largest absolute Gasteiger partial charge is 0.432 e. The van der Waals surface area contributed by atoms with E-state index in [2.05, 4.69) is 14.4 Å². The van der Waals surface area contributed by atoms with E-state index < -0.39 is 28.2 Å². The monoisotopic (exact) mass is 487 g/mol. The molecule has 0 radical (unpaired) electrons. The fraction of sp³-hybridized carbons (Fsp3) is 0.208. The van der Waals surface area contributed by atoms with Crippen molar-refractivity contribution < 1.29 is 26.3 Å². The van der Waals surface area contributed by atoms with Crippen LogP contribution in [-0.2, 0) is 10.0 Å². The lowest BCUT2D eigenvalue weighted by Crippen LogP contribution is -2.18. The Kier molecular flexibility index (Phi) is 5.68. The average Bonchev–Trinajstić information content (AvgIpc) is 3.11. The zero-order valence-corrected chi connectivity index (χ0v) is 18.6. The van der Waals surface area contributed by atoms with Crippen molar-refractivity contribution in [2.75, 3.05) is 4.72 Å². The van der Waals surface area contributed by atoms with Gasteiger partial charge in [0.15, 0.2) is 11.6 Å². The number of anilines is 1. The van der Waals surface area contributed by atoms with Crippen LogP contribution in [0, 0.1) is 5.82 Å². The fourth-order valence-electron chi connectivity index (χ4n) is 4.06. The first kappa shape index (κ1) is 22.3. The standard InChI is InChI=1S/C24H20F3N3O3S/c25-19-11-15-12-22(30(17-7-4-8-17)21(15)13-23(19)33-24(26)27)20-10-9-18(14-28-20)34(31,32)29-16-5-2-1-3-6-16/h1-3,5-6,9-14,17,24,29H,4,7-8H2. The maximum Gasteiger partial charge on any atom is 0.387 e. The van der Waals surface area contributed by atoms with Crippen molar-refractivity contribution in [2.45, 2.75) is 36.8 Å². The Morgan fingerprint density at radius 2 is 1.82 bits per heavy atom. The minimum atomic E-state index is -3.84. The number of para-hydroxylation sites is 1. The van der Waals surface area contributed by atoms with E-state index in [0.717, 1.165) is 25.3 Å². The molecule has 0 atom stereocenters. The van der Waals surface area contributed by atoms with E-state index in [4.69, 9.17) is 0 Å². The van der Waals surface area contributed by atoms with Crippen LogP contribution in [0.15, 0.2) is 71.8 Å². The number of alkyl halides is 2. The summed E-state index contributed by atoms with van der Waals surface area (Å²) >= 11 is 0. The van der Waals surface area contributed by atoms with Crippen LogP contribution >= 0.6 is 0 Å². The van der Waals surface area contributed by atoms with E-state index in [0.29, 0.717) is 28.0 Å². The molecule has 1 aliphatic rings. The number of pyridine rings is 1. The lowest BCUT2D eigenvalue weighted by atomic mass is 9.92. The molecule has 1 fully saturated rings. The van der Waals surface area contributed by atoms with Crippen LogP contribution in [0.1, 0.15) is 25.3 Å². The lowest BCUT2D eigenvalue weighted by molar-refractivity contribution is -0.0521. The van der Waals surface area contributed by atoms with Gasteiger partial charge in [0.25, 0.3) is 10.0 Å². The third-order valence-electron chi connectivity index (χ3n) is 5.88. The van der Waals surface area contributed by atoms with Gasteiger partial charge in [-0.05, 0) is 55.7 Å². The van der Waals surface area contributed by atoms with Gasteiger partial charge in [-0.3, -0.25) is 9.71 Å². The number of halogens is 3. The first-order chi connectivity index (χ1) is 16.3. The molecule has 2 aromatic heterocycles. The van der Waals surface area contributed by atoms with Crippen molar-refractivity contribution in [3.63, 3.8) is 0 Å². The first-order valence-corrected chi connectivity index (χ1v) is 12.1. The third-order valence-corrected chi connectivity index (χ3v) is 7.25. The van der Waals surface area contributed by atoms with E-state index >= 15 is 0 Å². The molecule has 1 aliphatic carbocycles. The highest BCUT2D eigenvalue weighted by molar-refractivity contribution is 7.92. The van der Waals surface area contributed by atoms with E-state index in [9.17, 15) is 21.6 Å². The molecule has 1 saturated carbocycles. The van der Waals surface area contributed by atoms with Gasteiger partial charge in [0.05, 0.1) is 16.9 Å². The predicted molar refractivity (Wildman–Crippen MR) is 122 cm³/mol. The highest BCUT2D eigenvalue weighted by atomic mass is 32.2. The molecule has 0 amide bonds. The van der Waals surface area contributed by atoms with E-state index in [1.54, 1.807) is 42.5 Å². The predicted octanol–water partition coefficient (Wildman–Crippen LogP) is 5.97. The molecule has 5 rings (SSSR count). The van der Waals surface area contributed by atoms with E-state index in [-0.39, 0.29) is 10.9 Å². The second-order valence-electron chi connectivity index (χ2n) is 8.05. The SMILES string of the molecule is O=S(=O)(Nc1ccccc1)c1ccc(-c2cc3cc(F)c(OC(F)F)cc3n2C2CCC2)nc1. The second-order valence-corrected chi connectivity index (χ2v) is 9.74. The number of fused-ring (bicyclic) bond motifs is 1. The van der Waals surface area contributed by atoms with Gasteiger partial charge >= 0.3 is 6.61 Å². The van der Waals surface area contributed by atoms with Crippen LogP contribution in [0.25, 0.3) is 22.3 Å². The summed E-state index contributed by atoms with van der Waals surface area (Å²) in [6.45, 7) is -3.14. The van der Waals surface area contributed by atoms with Crippen LogP contribution < -0.4 is 9.46 Å². The molecule has 2 aromatic carbocycles. The maximum atomic E-state index is 14.3. The average molecular weight is 488 g/mol. The third kappa shape index (κ3) is 4.21. The number of nitrogens with one attached hydrogen (secondary N) is 1. The molecule has 0 bridgehead atoms. The fourth-order valence-corrected chi connectivity index (χ4v) is 5.06. The number of sulfonamides is 1. The molecule has 2 heterocycles. The minimum Gasteiger partial charge on any atom is -0.432 e. The summed E-state index contributed by atoms with van der Waals surface area (Å²) in [5.74, 6) is -1.40. The molecule has 176 valence electrons. The van der Waals surface area contributed by atoms with Gasteiger partial charge in [-0.15, -0.1) is 0 Å². The summed E-state index contributed by atoms with van der Waals surface area (Å²) < 4.78 is 74.0. The topological polar surface area (TPSA) is 73.2 Å². The minimum absolute atomic E-state index is 0.00919. The number of hydrogen-bond acceptors (Lipinski definition) is 4. The Balaban J connectivity index is 1.53. The van der Waals surface area contributed by atoms with Crippen LogP contribution in [-0.4, -0.2) is 24.6 Å². The molecule has 34 heavy (non-hydrogen) atoms. The summed E-state index contributed by atoms with van der Waals surface area (Å²) in [6, 6.07) is 15.8. The normalized spacial score (nSPS) is 14.4. The van der Waals surface area contributed by atoms with Crippen molar-refractivity contribution in [2.24, 2.45) is 0 Å². The number of nitrogens with zero attached hydrogens (tertiary/aromatic N) is 2. The second kappa shape index (κ2) is 8.68. The Morgan fingerprint density at radius 1 is 1.06 bits per heavy atom.